The molecule has 5 heteroatoms. The van der Waals surface area contributed by atoms with Gasteiger partial charge in [0.25, 0.3) is 0 Å². The monoisotopic (exact) mass is 328 g/mol. The van der Waals surface area contributed by atoms with Crippen molar-refractivity contribution < 1.29 is 20.0 Å². The van der Waals surface area contributed by atoms with Crippen LogP contribution in [0, 0.1) is 0 Å². The van der Waals surface area contributed by atoms with Gasteiger partial charge in [0.15, 0.2) is 0 Å². The van der Waals surface area contributed by atoms with Crippen molar-refractivity contribution in [1.29, 1.82) is 0 Å². The van der Waals surface area contributed by atoms with Gasteiger partial charge in [-0.2, -0.15) is 0 Å². The van der Waals surface area contributed by atoms with Gasteiger partial charge < -0.3 is 4.89 Å². The Bertz CT molecular complexity index is 134. The molecule has 0 unspecified atom stereocenters. The molecule has 0 aliphatic carbocycles. The second kappa shape index (κ2) is 15.3. The van der Waals surface area contributed by atoms with Crippen molar-refractivity contribution in [3.8, 4) is 0 Å². The third-order valence-electron chi connectivity index (χ3n) is 0.667. The molecule has 0 aliphatic rings. The number of hydrogen-bond donors (Lipinski definition) is 1. The Labute approximate surface area is 97.0 Å². The van der Waals surface area contributed by atoms with E-state index >= 15 is 0 Å². The van der Waals surface area contributed by atoms with Crippen molar-refractivity contribution in [3.05, 3.63) is 36.4 Å². The fraction of sp³-hybridized carbons (Fsp3) is 0.250. The quantitative estimate of drug-likeness (QED) is 0.569. The molecule has 0 radical (unpaired) electrons. The van der Waals surface area contributed by atoms with Crippen molar-refractivity contribution in [1.82, 2.24) is 0 Å². The van der Waals surface area contributed by atoms with Crippen LogP contribution in [0.25, 0.3) is 0 Å². The van der Waals surface area contributed by atoms with Crippen molar-refractivity contribution >= 4 is 27.5 Å². The van der Waals surface area contributed by atoms with Gasteiger partial charge >= 0.3 is 34.5 Å². The van der Waals surface area contributed by atoms with Crippen LogP contribution in [0.4, 0.5) is 0 Å². The summed E-state index contributed by atoms with van der Waals surface area (Å²) in [6, 6.07) is 12.0. The molecule has 0 fully saturated rings. The van der Waals surface area contributed by atoms with E-state index in [0.29, 0.717) is 0 Å². The van der Waals surface area contributed by atoms with Gasteiger partial charge in [-0.25, -0.2) is 0 Å². The molecule has 13 heavy (non-hydrogen) atoms. The molecule has 0 bridgehead atoms. The van der Waals surface area contributed by atoms with Gasteiger partial charge in [0.1, 0.15) is 0 Å². The summed E-state index contributed by atoms with van der Waals surface area (Å²) in [6.45, 7) is 3.57. The summed E-state index contributed by atoms with van der Waals surface area (Å²) in [5.41, 5.74) is 0. The van der Waals surface area contributed by atoms with E-state index in [1.807, 2.05) is 36.4 Å². The van der Waals surface area contributed by atoms with Gasteiger partial charge in [-0.3, -0.25) is 0 Å². The summed E-state index contributed by atoms with van der Waals surface area (Å²) in [5, 5.41) is 0. The van der Waals surface area contributed by atoms with Crippen LogP contribution >= 0.6 is 27.5 Å². The SMILES string of the molecule is CP(C)O.[Cl][Ru][Cl].c1ccccc1. The average molecular weight is 328 g/mol. The Hall–Kier alpha value is 0.813. The van der Waals surface area contributed by atoms with Crippen LogP contribution in [0.2, 0.25) is 0 Å². The van der Waals surface area contributed by atoms with Crippen LogP contribution in [0.15, 0.2) is 36.4 Å². The van der Waals surface area contributed by atoms with Crippen LogP contribution in [-0.2, 0) is 15.1 Å². The maximum atomic E-state index is 8.12. The second-order valence-electron chi connectivity index (χ2n) is 2.05. The van der Waals surface area contributed by atoms with E-state index in [-0.39, 0.29) is 15.1 Å². The fourth-order valence-electron chi connectivity index (χ4n) is 0.385. The zero-order valence-corrected chi connectivity index (χ0v) is 11.6. The number of benzene rings is 1. The van der Waals surface area contributed by atoms with E-state index in [1.165, 1.54) is 0 Å². The summed E-state index contributed by atoms with van der Waals surface area (Å²) < 4.78 is 0. The van der Waals surface area contributed by atoms with Gasteiger partial charge in [-0.15, -0.1) is 0 Å². The summed E-state index contributed by atoms with van der Waals surface area (Å²) in [6.07, 6.45) is 0. The third-order valence-corrected chi connectivity index (χ3v) is 0.667. The maximum Gasteiger partial charge on any atom is -0.0623 e. The zero-order chi connectivity index (χ0) is 10.5. The van der Waals surface area contributed by atoms with Gasteiger partial charge in [-0.1, -0.05) is 36.4 Å². The Morgan fingerprint density at radius 1 is 0.923 bits per heavy atom. The molecule has 0 aliphatic heterocycles. The molecule has 78 valence electrons. The van der Waals surface area contributed by atoms with Gasteiger partial charge in [-0.05, 0) is 13.3 Å². The molecule has 1 aromatic rings. The first kappa shape index (κ1) is 16.3. The van der Waals surface area contributed by atoms with Crippen LogP contribution in [-0.4, -0.2) is 18.2 Å². The molecule has 0 heterocycles. The minimum absolute atomic E-state index is 0.346. The first-order valence-electron chi connectivity index (χ1n) is 3.36. The normalized spacial score (nSPS) is 8.15. The summed E-state index contributed by atoms with van der Waals surface area (Å²) in [5.74, 6) is 0. The third kappa shape index (κ3) is 32.3. The Morgan fingerprint density at radius 2 is 1.00 bits per heavy atom. The molecule has 0 aromatic heterocycles. The van der Waals surface area contributed by atoms with Crippen molar-refractivity contribution in [2.45, 2.75) is 0 Å². The smallest absolute Gasteiger partial charge is 0.0623 e. The maximum absolute atomic E-state index is 8.12. The van der Waals surface area contributed by atoms with Gasteiger partial charge in [0.2, 0.25) is 0 Å². The Balaban J connectivity index is 0. The number of rotatable bonds is 0. The first-order valence-corrected chi connectivity index (χ1v) is 10.0. The van der Waals surface area contributed by atoms with Gasteiger partial charge in [0.05, 0.1) is 0 Å². The molecule has 1 nitrogen and oxygen atoms in total. The second-order valence-corrected chi connectivity index (χ2v) is 6.39. The van der Waals surface area contributed by atoms with E-state index in [2.05, 4.69) is 0 Å². The van der Waals surface area contributed by atoms with E-state index < -0.39 is 8.15 Å². The first-order chi connectivity index (χ1) is 6.15. The van der Waals surface area contributed by atoms with Crippen molar-refractivity contribution in [2.24, 2.45) is 0 Å². The molecule has 0 atom stereocenters. The topological polar surface area (TPSA) is 20.2 Å². The standard InChI is InChI=1S/C6H6.C2H7OP.2ClH.Ru/c1-2-4-6-5-3-1;1-4(2)3;;;/h1-6H;3H,1-2H3;2*1H;/q;;;;+2/p-2. The minimum atomic E-state index is -0.620. The van der Waals surface area contributed by atoms with E-state index in [4.69, 9.17) is 24.3 Å². The Morgan fingerprint density at radius 3 is 1.08 bits per heavy atom. The zero-order valence-electron chi connectivity index (χ0n) is 7.47. The Kier molecular flexibility index (Phi) is 19.1. The molecule has 0 spiro atoms. The molecule has 1 aromatic carbocycles. The van der Waals surface area contributed by atoms with Crippen molar-refractivity contribution in [2.75, 3.05) is 13.3 Å². The molecule has 0 saturated heterocycles. The molecule has 0 amide bonds. The van der Waals surface area contributed by atoms with Crippen LogP contribution in [0.3, 0.4) is 0 Å². The van der Waals surface area contributed by atoms with E-state index in [1.54, 1.807) is 13.3 Å². The molecule has 1 N–H and O–H groups in total. The van der Waals surface area contributed by atoms with Crippen LogP contribution < -0.4 is 0 Å². The predicted molar refractivity (Wildman–Crippen MR) is 59.1 cm³/mol. The van der Waals surface area contributed by atoms with Crippen LogP contribution in [0.5, 0.6) is 0 Å². The molecule has 1 rings (SSSR count). The minimum Gasteiger partial charge on any atom is -0.0623 e. The number of hydrogen-bond acceptors (Lipinski definition) is 1. The molecular formula is C8H13Cl2OPRu. The van der Waals surface area contributed by atoms with Crippen molar-refractivity contribution in [3.63, 3.8) is 0 Å². The number of halogens is 2. The largest absolute Gasteiger partial charge is 0.0623 e. The summed E-state index contributed by atoms with van der Waals surface area (Å²) in [7, 11) is 9.09. The molecular weight excluding hydrogens is 315 g/mol. The predicted octanol–water partition coefficient (Wildman–Crippen LogP) is 3.70. The fourth-order valence-corrected chi connectivity index (χ4v) is 0.385. The average Bonchev–Trinajstić information content (AvgIpc) is 2.08. The molecule has 0 saturated carbocycles. The summed E-state index contributed by atoms with van der Waals surface area (Å²) >= 11 is -0.346. The summed E-state index contributed by atoms with van der Waals surface area (Å²) in [4.78, 5) is 8.12. The van der Waals surface area contributed by atoms with E-state index in [0.717, 1.165) is 0 Å². The van der Waals surface area contributed by atoms with Gasteiger partial charge in [0, 0.05) is 8.15 Å². The van der Waals surface area contributed by atoms with E-state index in [9.17, 15) is 0 Å². The van der Waals surface area contributed by atoms with Crippen LogP contribution in [0.1, 0.15) is 0 Å².